The summed E-state index contributed by atoms with van der Waals surface area (Å²) in [7, 11) is 1.70. The minimum absolute atomic E-state index is 0.0186. The van der Waals surface area contributed by atoms with Gasteiger partial charge in [0.1, 0.15) is 5.52 Å². The van der Waals surface area contributed by atoms with Crippen LogP contribution in [0.1, 0.15) is 24.4 Å². The predicted molar refractivity (Wildman–Crippen MR) is 98.9 cm³/mol. The predicted octanol–water partition coefficient (Wildman–Crippen LogP) is 2.45. The molecule has 0 spiro atoms. The molecule has 0 unspecified atom stereocenters. The Morgan fingerprint density at radius 2 is 1.93 bits per heavy atom. The topological polar surface area (TPSA) is 65.2 Å². The fourth-order valence-corrected chi connectivity index (χ4v) is 4.12. The smallest absolute Gasteiger partial charge is 0.330 e. The van der Waals surface area contributed by atoms with Gasteiger partial charge in [0.25, 0.3) is 0 Å². The Labute approximate surface area is 159 Å². The van der Waals surface area contributed by atoms with E-state index in [-0.39, 0.29) is 11.7 Å². The van der Waals surface area contributed by atoms with E-state index in [9.17, 15) is 13.6 Å². The fourth-order valence-electron chi connectivity index (χ4n) is 4.12. The standard InChI is InChI=1S/C19H19F2N5O2/c1-24-16-10-22-18(25-5-2-11-8-13(20)14(21)9-15(11)25)23-17(16)26(19(24)27)12-3-6-28-7-4-12/h8-10,12H,2-7H2,1H3. The number of aryl methyl sites for hydroxylation is 1. The molecule has 3 aromatic rings. The highest BCUT2D eigenvalue weighted by molar-refractivity contribution is 5.74. The zero-order chi connectivity index (χ0) is 19.4. The molecule has 5 rings (SSSR count). The molecule has 28 heavy (non-hydrogen) atoms. The van der Waals surface area contributed by atoms with E-state index in [0.717, 1.165) is 18.4 Å². The van der Waals surface area contributed by atoms with E-state index in [4.69, 9.17) is 4.74 Å². The summed E-state index contributed by atoms with van der Waals surface area (Å²) < 4.78 is 36.0. The molecule has 0 bridgehead atoms. The molecule has 146 valence electrons. The minimum Gasteiger partial charge on any atom is -0.381 e. The lowest BCUT2D eigenvalue weighted by Gasteiger charge is -2.23. The van der Waals surface area contributed by atoms with E-state index in [0.29, 0.717) is 49.0 Å². The van der Waals surface area contributed by atoms with Crippen LogP contribution < -0.4 is 10.6 Å². The van der Waals surface area contributed by atoms with Crippen molar-refractivity contribution in [1.29, 1.82) is 0 Å². The zero-order valence-corrected chi connectivity index (χ0v) is 15.4. The maximum atomic E-state index is 13.8. The van der Waals surface area contributed by atoms with Crippen LogP contribution in [0, 0.1) is 11.6 Å². The highest BCUT2D eigenvalue weighted by Crippen LogP contribution is 2.35. The van der Waals surface area contributed by atoms with Gasteiger partial charge in [-0.1, -0.05) is 0 Å². The van der Waals surface area contributed by atoms with Crippen molar-refractivity contribution in [1.82, 2.24) is 19.1 Å². The number of benzene rings is 1. The number of halogens is 2. The number of ether oxygens (including phenoxy) is 1. The average Bonchev–Trinajstić information content (AvgIpc) is 3.21. The Kier molecular flexibility index (Phi) is 3.94. The van der Waals surface area contributed by atoms with E-state index in [1.165, 1.54) is 12.1 Å². The number of nitrogens with zero attached hydrogens (tertiary/aromatic N) is 5. The van der Waals surface area contributed by atoms with Gasteiger partial charge in [-0.2, -0.15) is 4.98 Å². The van der Waals surface area contributed by atoms with E-state index in [2.05, 4.69) is 9.97 Å². The van der Waals surface area contributed by atoms with Gasteiger partial charge in [0.15, 0.2) is 17.3 Å². The van der Waals surface area contributed by atoms with Gasteiger partial charge in [-0.15, -0.1) is 0 Å². The molecule has 0 amide bonds. The van der Waals surface area contributed by atoms with Gasteiger partial charge < -0.3 is 9.64 Å². The largest absolute Gasteiger partial charge is 0.381 e. The molecule has 0 N–H and O–H groups in total. The first-order valence-electron chi connectivity index (χ1n) is 9.32. The Bertz CT molecular complexity index is 1130. The molecule has 0 saturated carbocycles. The maximum Gasteiger partial charge on any atom is 0.330 e. The molecule has 9 heteroatoms. The second-order valence-electron chi connectivity index (χ2n) is 7.23. The highest BCUT2D eigenvalue weighted by atomic mass is 19.2. The number of rotatable bonds is 2. The van der Waals surface area contributed by atoms with Crippen molar-refractivity contribution in [2.75, 3.05) is 24.7 Å². The molecule has 0 radical (unpaired) electrons. The molecule has 0 atom stereocenters. The molecule has 4 heterocycles. The van der Waals surface area contributed by atoms with Crippen LogP contribution in [0.2, 0.25) is 0 Å². The molecule has 2 aromatic heterocycles. The van der Waals surface area contributed by atoms with Gasteiger partial charge in [-0.05, 0) is 30.9 Å². The van der Waals surface area contributed by atoms with Crippen LogP contribution in [0.25, 0.3) is 11.2 Å². The number of hydrogen-bond acceptors (Lipinski definition) is 5. The van der Waals surface area contributed by atoms with Crippen LogP contribution >= 0.6 is 0 Å². The molecule has 1 saturated heterocycles. The zero-order valence-electron chi connectivity index (χ0n) is 15.4. The van der Waals surface area contributed by atoms with Crippen molar-refractivity contribution < 1.29 is 13.5 Å². The van der Waals surface area contributed by atoms with Crippen LogP contribution in [0.5, 0.6) is 0 Å². The van der Waals surface area contributed by atoms with Crippen LogP contribution in [0.15, 0.2) is 23.1 Å². The van der Waals surface area contributed by atoms with Gasteiger partial charge in [0.05, 0.1) is 11.9 Å². The lowest BCUT2D eigenvalue weighted by Crippen LogP contribution is -2.30. The number of fused-ring (bicyclic) bond motifs is 2. The van der Waals surface area contributed by atoms with Crippen molar-refractivity contribution in [2.24, 2.45) is 7.05 Å². The van der Waals surface area contributed by atoms with Gasteiger partial charge in [-0.3, -0.25) is 9.13 Å². The van der Waals surface area contributed by atoms with Crippen molar-refractivity contribution in [3.05, 3.63) is 46.0 Å². The minimum atomic E-state index is -0.898. The molecular formula is C19H19F2N5O2. The van der Waals surface area contributed by atoms with E-state index < -0.39 is 11.6 Å². The molecule has 7 nitrogen and oxygen atoms in total. The summed E-state index contributed by atoms with van der Waals surface area (Å²) in [6.07, 6.45) is 3.69. The SMILES string of the molecule is Cn1c(=O)n(C2CCOCC2)c2nc(N3CCc4cc(F)c(F)cc43)ncc21. The van der Waals surface area contributed by atoms with Crippen LogP contribution in [0.3, 0.4) is 0 Å². The monoisotopic (exact) mass is 387 g/mol. The molecule has 0 aliphatic carbocycles. The molecule has 2 aliphatic heterocycles. The normalized spacial score (nSPS) is 17.5. The third-order valence-corrected chi connectivity index (χ3v) is 5.63. The van der Waals surface area contributed by atoms with Gasteiger partial charge in [0.2, 0.25) is 5.95 Å². The van der Waals surface area contributed by atoms with E-state index in [1.807, 2.05) is 0 Å². The second-order valence-corrected chi connectivity index (χ2v) is 7.23. The number of imidazole rings is 1. The van der Waals surface area contributed by atoms with Crippen LogP contribution in [0.4, 0.5) is 20.4 Å². The number of anilines is 2. The quantitative estimate of drug-likeness (QED) is 0.676. The highest BCUT2D eigenvalue weighted by Gasteiger charge is 2.27. The second kappa shape index (κ2) is 6.37. The van der Waals surface area contributed by atoms with Crippen molar-refractivity contribution in [3.63, 3.8) is 0 Å². The van der Waals surface area contributed by atoms with Crippen LogP contribution in [-0.2, 0) is 18.2 Å². The Hall–Kier alpha value is -2.81. The average molecular weight is 387 g/mol. The van der Waals surface area contributed by atoms with Gasteiger partial charge in [-0.25, -0.2) is 18.6 Å². The fraction of sp³-hybridized carbons (Fsp3) is 0.421. The molecular weight excluding hydrogens is 368 g/mol. The van der Waals surface area contributed by atoms with E-state index >= 15 is 0 Å². The summed E-state index contributed by atoms with van der Waals surface area (Å²) in [5.41, 5.74) is 2.35. The summed E-state index contributed by atoms with van der Waals surface area (Å²) in [5.74, 6) is -1.37. The third-order valence-electron chi connectivity index (χ3n) is 5.63. The first-order valence-corrected chi connectivity index (χ1v) is 9.32. The van der Waals surface area contributed by atoms with Crippen molar-refractivity contribution in [2.45, 2.75) is 25.3 Å². The first kappa shape index (κ1) is 17.3. The molecule has 1 fully saturated rings. The lowest BCUT2D eigenvalue weighted by molar-refractivity contribution is 0.0695. The van der Waals surface area contributed by atoms with Crippen molar-refractivity contribution >= 4 is 22.8 Å². The van der Waals surface area contributed by atoms with Crippen molar-refractivity contribution in [3.8, 4) is 0 Å². The Morgan fingerprint density at radius 1 is 1.18 bits per heavy atom. The van der Waals surface area contributed by atoms with Crippen LogP contribution in [-0.4, -0.2) is 38.9 Å². The van der Waals surface area contributed by atoms with Gasteiger partial charge >= 0.3 is 5.69 Å². The number of aromatic nitrogens is 4. The Morgan fingerprint density at radius 3 is 2.71 bits per heavy atom. The lowest BCUT2D eigenvalue weighted by atomic mass is 10.1. The van der Waals surface area contributed by atoms with E-state index in [1.54, 1.807) is 27.3 Å². The Balaban J connectivity index is 1.63. The maximum absolute atomic E-state index is 13.8. The third kappa shape index (κ3) is 2.53. The summed E-state index contributed by atoms with van der Waals surface area (Å²) in [4.78, 5) is 23.6. The summed E-state index contributed by atoms with van der Waals surface area (Å²) in [6, 6.07) is 2.43. The summed E-state index contributed by atoms with van der Waals surface area (Å²) in [5, 5.41) is 0. The molecule has 2 aliphatic rings. The number of hydrogen-bond donors (Lipinski definition) is 0. The summed E-state index contributed by atoms with van der Waals surface area (Å²) in [6.45, 7) is 1.74. The summed E-state index contributed by atoms with van der Waals surface area (Å²) >= 11 is 0. The molecule has 1 aromatic carbocycles. The van der Waals surface area contributed by atoms with Gasteiger partial charge in [0, 0.05) is 38.9 Å². The first-order chi connectivity index (χ1) is 13.5.